The number of hydrogen-bond donors (Lipinski definition) is 3. The lowest BCUT2D eigenvalue weighted by molar-refractivity contribution is 0.102. The summed E-state index contributed by atoms with van der Waals surface area (Å²) in [5, 5.41) is 14.2. The lowest BCUT2D eigenvalue weighted by atomic mass is 10.0. The van der Waals surface area contributed by atoms with Crippen molar-refractivity contribution in [3.8, 4) is 0 Å². The first-order chi connectivity index (χ1) is 12.2. The Labute approximate surface area is 159 Å². The zero-order chi connectivity index (χ0) is 19.4. The van der Waals surface area contributed by atoms with Crippen LogP contribution in [0, 0.1) is 5.41 Å². The summed E-state index contributed by atoms with van der Waals surface area (Å²) in [4.78, 5) is 16.9. The third-order valence-electron chi connectivity index (χ3n) is 3.90. The number of benzene rings is 1. The molecule has 0 fully saturated rings. The van der Waals surface area contributed by atoms with Crippen molar-refractivity contribution < 1.29 is 4.79 Å². The molecule has 0 spiro atoms. The van der Waals surface area contributed by atoms with Crippen molar-refractivity contribution in [3.63, 3.8) is 0 Å². The van der Waals surface area contributed by atoms with Gasteiger partial charge in [0.15, 0.2) is 0 Å². The van der Waals surface area contributed by atoms with Gasteiger partial charge >= 0.3 is 0 Å². The molecule has 0 saturated heterocycles. The fourth-order valence-electron chi connectivity index (χ4n) is 2.52. The van der Waals surface area contributed by atoms with E-state index in [9.17, 15) is 4.79 Å². The molecule has 2 aromatic rings. The summed E-state index contributed by atoms with van der Waals surface area (Å²) in [5.74, 6) is 0.589. The van der Waals surface area contributed by atoms with E-state index in [1.54, 1.807) is 6.92 Å². The topological polar surface area (TPSA) is 77.9 Å². The van der Waals surface area contributed by atoms with Gasteiger partial charge in [0.05, 0.1) is 16.1 Å². The molecule has 0 aliphatic heterocycles. The summed E-state index contributed by atoms with van der Waals surface area (Å²) in [6, 6.07) is 7.85. The van der Waals surface area contributed by atoms with Crippen LogP contribution in [0.3, 0.4) is 0 Å². The van der Waals surface area contributed by atoms with E-state index in [2.05, 4.69) is 29.5 Å². The predicted molar refractivity (Wildman–Crippen MR) is 109 cm³/mol. The van der Waals surface area contributed by atoms with Crippen LogP contribution in [0.1, 0.15) is 62.0 Å². The van der Waals surface area contributed by atoms with Gasteiger partial charge in [-0.25, -0.2) is 4.98 Å². The first-order valence-corrected chi connectivity index (χ1v) is 9.00. The Balaban J connectivity index is 2.31. The van der Waals surface area contributed by atoms with E-state index in [1.807, 2.05) is 38.1 Å². The maximum absolute atomic E-state index is 12.6. The minimum Gasteiger partial charge on any atom is -0.367 e. The number of amides is 1. The smallest absolute Gasteiger partial charge is 0.258 e. The molecule has 0 bridgehead atoms. The van der Waals surface area contributed by atoms with Crippen LogP contribution < -0.4 is 10.6 Å². The molecule has 2 rings (SSSR count). The number of nitrogens with zero attached hydrogens (tertiary/aromatic N) is 1. The van der Waals surface area contributed by atoms with E-state index < -0.39 is 0 Å². The molecule has 0 radical (unpaired) electrons. The summed E-state index contributed by atoms with van der Waals surface area (Å²) < 4.78 is 0. The average Bonchev–Trinajstić information content (AvgIpc) is 2.54. The lowest BCUT2D eigenvalue weighted by Crippen LogP contribution is -2.18. The number of pyridine rings is 1. The van der Waals surface area contributed by atoms with Crippen LogP contribution >= 0.6 is 11.6 Å². The maximum Gasteiger partial charge on any atom is 0.258 e. The number of aromatic nitrogens is 1. The zero-order valence-corrected chi connectivity index (χ0v) is 16.5. The highest BCUT2D eigenvalue weighted by Crippen LogP contribution is 2.28. The van der Waals surface area contributed by atoms with Crippen LogP contribution in [0.4, 0.5) is 11.5 Å². The summed E-state index contributed by atoms with van der Waals surface area (Å²) in [6.45, 7) is 9.81. The molecule has 1 aromatic heterocycles. The van der Waals surface area contributed by atoms with Gasteiger partial charge in [-0.15, -0.1) is 0 Å². The van der Waals surface area contributed by atoms with Crippen molar-refractivity contribution in [3.05, 3.63) is 52.2 Å². The second-order valence-electron chi connectivity index (χ2n) is 6.86. The molecule has 1 aromatic carbocycles. The minimum absolute atomic E-state index is 0.135. The maximum atomic E-state index is 12.6. The minimum atomic E-state index is -0.349. The van der Waals surface area contributed by atoms with Gasteiger partial charge in [0.2, 0.25) is 0 Å². The van der Waals surface area contributed by atoms with Crippen LogP contribution in [0.2, 0.25) is 5.02 Å². The second kappa shape index (κ2) is 8.32. The Morgan fingerprint density at radius 3 is 2.27 bits per heavy atom. The van der Waals surface area contributed by atoms with Crippen molar-refractivity contribution >= 4 is 34.7 Å². The quantitative estimate of drug-likeness (QED) is 0.600. The van der Waals surface area contributed by atoms with Crippen LogP contribution in [-0.2, 0) is 0 Å². The van der Waals surface area contributed by atoms with Gasteiger partial charge < -0.3 is 16.0 Å². The van der Waals surface area contributed by atoms with Crippen molar-refractivity contribution in [2.75, 3.05) is 10.6 Å². The van der Waals surface area contributed by atoms with E-state index >= 15 is 0 Å². The number of hydrogen-bond acceptors (Lipinski definition) is 4. The van der Waals surface area contributed by atoms with E-state index in [0.29, 0.717) is 23.0 Å². The lowest BCUT2D eigenvalue weighted by Gasteiger charge is -2.16. The molecule has 0 aliphatic rings. The van der Waals surface area contributed by atoms with E-state index in [-0.39, 0.29) is 28.2 Å². The van der Waals surface area contributed by atoms with E-state index in [1.165, 1.54) is 11.8 Å². The van der Waals surface area contributed by atoms with E-state index in [0.717, 1.165) is 0 Å². The first kappa shape index (κ1) is 19.9. The highest BCUT2D eigenvalue weighted by molar-refractivity contribution is 6.38. The second-order valence-corrected chi connectivity index (χ2v) is 7.24. The van der Waals surface area contributed by atoms with Gasteiger partial charge in [-0.2, -0.15) is 0 Å². The standard InChI is InChI=1S/C20H25ClN4O/c1-11(2)14-6-8-15(9-7-14)25-20(26)16-10-23-19(24-12(3)4)17(13(5)22)18(16)21/h6-12,22H,1-5H3,(H,23,24)(H,25,26). The summed E-state index contributed by atoms with van der Waals surface area (Å²) >= 11 is 6.44. The predicted octanol–water partition coefficient (Wildman–Crippen LogP) is 5.32. The number of anilines is 2. The van der Waals surface area contributed by atoms with Crippen LogP contribution in [0.25, 0.3) is 0 Å². The molecular formula is C20H25ClN4O. The fourth-order valence-corrected chi connectivity index (χ4v) is 2.89. The molecule has 138 valence electrons. The molecular weight excluding hydrogens is 348 g/mol. The molecule has 1 amide bonds. The Morgan fingerprint density at radius 2 is 1.77 bits per heavy atom. The summed E-state index contributed by atoms with van der Waals surface area (Å²) in [7, 11) is 0. The van der Waals surface area contributed by atoms with Crippen molar-refractivity contribution in [2.45, 2.75) is 46.6 Å². The monoisotopic (exact) mass is 372 g/mol. The number of nitrogens with one attached hydrogen (secondary N) is 3. The SMILES string of the molecule is CC(=N)c1c(NC(C)C)ncc(C(=O)Nc2ccc(C(C)C)cc2)c1Cl. The molecule has 0 aliphatic carbocycles. The van der Waals surface area contributed by atoms with Gasteiger partial charge in [-0.05, 0) is 44.4 Å². The van der Waals surface area contributed by atoms with Gasteiger partial charge in [0.1, 0.15) is 5.82 Å². The fraction of sp³-hybridized carbons (Fsp3) is 0.350. The molecule has 0 saturated carbocycles. The molecule has 26 heavy (non-hydrogen) atoms. The average molecular weight is 373 g/mol. The number of carbonyl (C=O) groups excluding carboxylic acids is 1. The Kier molecular flexibility index (Phi) is 6.37. The number of carbonyl (C=O) groups is 1. The Hall–Kier alpha value is -2.40. The molecule has 5 nitrogen and oxygen atoms in total. The molecule has 1 heterocycles. The van der Waals surface area contributed by atoms with Crippen LogP contribution in [0.5, 0.6) is 0 Å². The van der Waals surface area contributed by atoms with Gasteiger partial charge in [-0.1, -0.05) is 37.6 Å². The van der Waals surface area contributed by atoms with Crippen LogP contribution in [0.15, 0.2) is 30.5 Å². The molecule has 0 unspecified atom stereocenters. The van der Waals surface area contributed by atoms with Gasteiger partial charge in [0.25, 0.3) is 5.91 Å². The first-order valence-electron chi connectivity index (χ1n) is 8.62. The van der Waals surface area contributed by atoms with Gasteiger partial charge in [0, 0.05) is 23.6 Å². The Morgan fingerprint density at radius 1 is 1.15 bits per heavy atom. The molecule has 3 N–H and O–H groups in total. The van der Waals surface area contributed by atoms with Crippen molar-refractivity contribution in [2.24, 2.45) is 0 Å². The van der Waals surface area contributed by atoms with Gasteiger partial charge in [-0.3, -0.25) is 4.79 Å². The van der Waals surface area contributed by atoms with Crippen molar-refractivity contribution in [1.82, 2.24) is 4.98 Å². The molecule has 6 heteroatoms. The van der Waals surface area contributed by atoms with E-state index in [4.69, 9.17) is 17.0 Å². The summed E-state index contributed by atoms with van der Waals surface area (Å²) in [6.07, 6.45) is 1.44. The van der Waals surface area contributed by atoms with Crippen LogP contribution in [-0.4, -0.2) is 22.6 Å². The largest absolute Gasteiger partial charge is 0.367 e. The third kappa shape index (κ3) is 4.61. The molecule has 0 atom stereocenters. The third-order valence-corrected chi connectivity index (χ3v) is 4.29. The number of rotatable bonds is 6. The highest BCUT2D eigenvalue weighted by Gasteiger charge is 2.20. The number of halogens is 1. The zero-order valence-electron chi connectivity index (χ0n) is 15.8. The van der Waals surface area contributed by atoms with Crippen molar-refractivity contribution in [1.29, 1.82) is 5.41 Å². The highest BCUT2D eigenvalue weighted by atomic mass is 35.5. The normalized spacial score (nSPS) is 10.9. The Bertz CT molecular complexity index is 813. The summed E-state index contributed by atoms with van der Waals surface area (Å²) in [5.41, 5.74) is 2.83.